The summed E-state index contributed by atoms with van der Waals surface area (Å²) in [7, 11) is -2.10. The van der Waals surface area contributed by atoms with Crippen molar-refractivity contribution in [2.45, 2.75) is 23.8 Å². The quantitative estimate of drug-likeness (QED) is 0.468. The molecule has 1 aromatic carbocycles. The summed E-state index contributed by atoms with van der Waals surface area (Å²) in [6.45, 7) is 0.992. The molecule has 0 saturated carbocycles. The monoisotopic (exact) mass is 541 g/mol. The van der Waals surface area contributed by atoms with Crippen molar-refractivity contribution >= 4 is 59.7 Å². The summed E-state index contributed by atoms with van der Waals surface area (Å²) in [5.41, 5.74) is 1.16. The molecule has 1 saturated heterocycles. The van der Waals surface area contributed by atoms with Gasteiger partial charge in [-0.1, -0.05) is 0 Å². The van der Waals surface area contributed by atoms with Crippen molar-refractivity contribution in [3.63, 3.8) is 0 Å². The Morgan fingerprint density at radius 1 is 1.29 bits per heavy atom. The minimum absolute atomic E-state index is 0.0664. The van der Waals surface area contributed by atoms with Crippen LogP contribution in [0, 0.1) is 0 Å². The summed E-state index contributed by atoms with van der Waals surface area (Å²) < 4.78 is 33.4. The predicted molar refractivity (Wildman–Crippen MR) is 126 cm³/mol. The highest BCUT2D eigenvalue weighted by Crippen LogP contribution is 2.33. The molecule has 31 heavy (non-hydrogen) atoms. The van der Waals surface area contributed by atoms with E-state index in [1.165, 1.54) is 39.9 Å². The van der Waals surface area contributed by atoms with Crippen molar-refractivity contribution in [1.29, 1.82) is 0 Å². The number of amides is 1. The van der Waals surface area contributed by atoms with Crippen LogP contribution in [0.15, 0.2) is 50.5 Å². The van der Waals surface area contributed by atoms with E-state index in [9.17, 15) is 13.2 Å². The second-order valence-corrected chi connectivity index (χ2v) is 12.4. The fraction of sp³-hybridized carbons (Fsp3) is 0.300. The summed E-state index contributed by atoms with van der Waals surface area (Å²) in [5, 5.41) is 5.14. The van der Waals surface area contributed by atoms with E-state index >= 15 is 0 Å². The number of nitrogens with one attached hydrogen (secondary N) is 1. The average Bonchev–Trinajstić information content (AvgIpc) is 3.50. The molecule has 1 aliphatic heterocycles. The van der Waals surface area contributed by atoms with Crippen molar-refractivity contribution < 1.29 is 17.9 Å². The lowest BCUT2D eigenvalue weighted by atomic mass is 10.2. The molecular weight excluding hydrogens is 522 g/mol. The van der Waals surface area contributed by atoms with Crippen molar-refractivity contribution in [2.24, 2.45) is 0 Å². The molecule has 1 atom stereocenters. The lowest BCUT2D eigenvalue weighted by Crippen LogP contribution is -2.34. The Hall–Kier alpha value is -1.63. The molecule has 4 rings (SSSR count). The van der Waals surface area contributed by atoms with E-state index in [-0.39, 0.29) is 16.9 Å². The minimum atomic E-state index is -3.64. The highest BCUT2D eigenvalue weighted by atomic mass is 79.9. The number of thiazole rings is 1. The summed E-state index contributed by atoms with van der Waals surface area (Å²) in [6, 6.07) is 9.83. The largest absolute Gasteiger partial charge is 0.377 e. The molecule has 1 fully saturated rings. The van der Waals surface area contributed by atoms with Gasteiger partial charge >= 0.3 is 0 Å². The number of nitrogens with zero attached hydrogens (tertiary/aromatic N) is 2. The van der Waals surface area contributed by atoms with Crippen LogP contribution in [-0.4, -0.2) is 49.9 Å². The number of anilines is 1. The van der Waals surface area contributed by atoms with E-state index in [1.807, 2.05) is 17.5 Å². The Morgan fingerprint density at radius 3 is 2.71 bits per heavy atom. The van der Waals surface area contributed by atoms with E-state index in [4.69, 9.17) is 4.74 Å². The van der Waals surface area contributed by atoms with Crippen molar-refractivity contribution in [3.05, 3.63) is 51.1 Å². The van der Waals surface area contributed by atoms with Gasteiger partial charge in [0.05, 0.1) is 25.4 Å². The molecule has 0 spiro atoms. The number of likely N-dealkylation sites (N-methyl/N-ethyl adjacent to an activating group) is 1. The van der Waals surface area contributed by atoms with Gasteiger partial charge in [-0.25, -0.2) is 13.4 Å². The van der Waals surface area contributed by atoms with Crippen LogP contribution in [0.4, 0.5) is 5.13 Å². The maximum Gasteiger partial charge on any atom is 0.257 e. The topological polar surface area (TPSA) is 88.6 Å². The fourth-order valence-corrected chi connectivity index (χ4v) is 6.53. The molecular formula is C20H20BrN3O4S3. The van der Waals surface area contributed by atoms with Crippen molar-refractivity contribution in [1.82, 2.24) is 9.29 Å². The van der Waals surface area contributed by atoms with Gasteiger partial charge in [-0.2, -0.15) is 4.31 Å². The summed E-state index contributed by atoms with van der Waals surface area (Å²) >= 11 is 6.33. The number of carbonyl (C=O) groups is 1. The first-order valence-electron chi connectivity index (χ1n) is 9.53. The molecule has 0 bridgehead atoms. The zero-order valence-corrected chi connectivity index (χ0v) is 20.6. The molecule has 1 aliphatic rings. The van der Waals surface area contributed by atoms with Crippen LogP contribution in [0.3, 0.4) is 0 Å². The van der Waals surface area contributed by atoms with E-state index in [0.29, 0.717) is 23.8 Å². The summed E-state index contributed by atoms with van der Waals surface area (Å²) in [5.74, 6) is -0.343. The lowest BCUT2D eigenvalue weighted by Gasteiger charge is -2.20. The van der Waals surface area contributed by atoms with Gasteiger partial charge in [-0.15, -0.1) is 22.7 Å². The first-order chi connectivity index (χ1) is 14.8. The minimum Gasteiger partial charge on any atom is -0.377 e. The van der Waals surface area contributed by atoms with Gasteiger partial charge in [-0.3, -0.25) is 10.1 Å². The van der Waals surface area contributed by atoms with Crippen molar-refractivity contribution in [2.75, 3.05) is 25.5 Å². The Bertz CT molecular complexity index is 1170. The molecule has 0 aliphatic carbocycles. The summed E-state index contributed by atoms with van der Waals surface area (Å²) in [4.78, 5) is 18.2. The van der Waals surface area contributed by atoms with Gasteiger partial charge in [0.15, 0.2) is 5.13 Å². The second-order valence-electron chi connectivity index (χ2n) is 7.04. The molecule has 3 aromatic rings. The number of hydrogen-bond acceptors (Lipinski definition) is 7. The number of ether oxygens (including phenoxy) is 1. The molecule has 164 valence electrons. The van der Waals surface area contributed by atoms with E-state index < -0.39 is 10.0 Å². The molecule has 0 radical (unpaired) electrons. The number of aromatic nitrogens is 1. The Balaban J connectivity index is 1.41. The molecule has 1 amide bonds. The van der Waals surface area contributed by atoms with Gasteiger partial charge in [0.1, 0.15) is 0 Å². The van der Waals surface area contributed by atoms with Crippen molar-refractivity contribution in [3.8, 4) is 10.6 Å². The van der Waals surface area contributed by atoms with E-state index in [0.717, 1.165) is 27.2 Å². The van der Waals surface area contributed by atoms with Crippen LogP contribution >= 0.6 is 38.6 Å². The number of hydrogen-bond donors (Lipinski definition) is 1. The second kappa shape index (κ2) is 9.47. The smallest absolute Gasteiger partial charge is 0.257 e. The van der Waals surface area contributed by atoms with Crippen LogP contribution in [-0.2, 0) is 14.8 Å². The van der Waals surface area contributed by atoms with Gasteiger partial charge in [0.25, 0.3) is 5.91 Å². The van der Waals surface area contributed by atoms with Crippen LogP contribution in [0.1, 0.15) is 23.2 Å². The standard InChI is InChI=1S/C20H20BrN3O4S3/c1-24(11-14-3-2-10-28-14)31(26,27)15-6-4-13(5-7-15)19(25)23-20-22-16(12-29-20)17-8-9-18(21)30-17/h4-9,12,14H,2-3,10-11H2,1H3,(H,22,23,25). The third-order valence-corrected chi connectivity index (χ3v) is 9.10. The number of benzene rings is 1. The van der Waals surface area contributed by atoms with E-state index in [1.54, 1.807) is 18.4 Å². The molecule has 3 heterocycles. The lowest BCUT2D eigenvalue weighted by molar-refractivity contribution is 0.0979. The zero-order chi connectivity index (χ0) is 22.0. The maximum atomic E-state index is 12.8. The molecule has 1 N–H and O–H groups in total. The van der Waals surface area contributed by atoms with Gasteiger partial charge in [0, 0.05) is 31.1 Å². The number of sulfonamides is 1. The number of halogens is 1. The van der Waals surface area contributed by atoms with Gasteiger partial charge in [-0.05, 0) is 65.2 Å². The normalized spacial score (nSPS) is 16.7. The van der Waals surface area contributed by atoms with Gasteiger partial charge < -0.3 is 4.74 Å². The SMILES string of the molecule is CN(CC1CCCO1)S(=O)(=O)c1ccc(C(=O)Nc2nc(-c3ccc(Br)s3)cs2)cc1. The molecule has 2 aromatic heterocycles. The van der Waals surface area contributed by atoms with E-state index in [2.05, 4.69) is 26.2 Å². The number of carbonyl (C=O) groups excluding carboxylic acids is 1. The van der Waals surface area contributed by atoms with Crippen LogP contribution < -0.4 is 5.32 Å². The summed E-state index contributed by atoms with van der Waals surface area (Å²) in [6.07, 6.45) is 1.75. The van der Waals surface area contributed by atoms with Crippen LogP contribution in [0.2, 0.25) is 0 Å². The fourth-order valence-electron chi connectivity index (χ4n) is 3.20. The van der Waals surface area contributed by atoms with Crippen LogP contribution in [0.25, 0.3) is 10.6 Å². The molecule has 11 heteroatoms. The average molecular weight is 543 g/mol. The van der Waals surface area contributed by atoms with Gasteiger partial charge in [0.2, 0.25) is 10.0 Å². The molecule has 7 nitrogen and oxygen atoms in total. The van der Waals surface area contributed by atoms with Crippen LogP contribution in [0.5, 0.6) is 0 Å². The predicted octanol–water partition coefficient (Wildman–Crippen LogP) is 4.69. The highest BCUT2D eigenvalue weighted by molar-refractivity contribution is 9.11. The third kappa shape index (κ3) is 5.24. The first kappa shape index (κ1) is 22.6. The molecule has 1 unspecified atom stereocenters. The Morgan fingerprint density at radius 2 is 2.06 bits per heavy atom. The number of thiophene rings is 1. The Kier molecular flexibility index (Phi) is 6.89. The number of rotatable bonds is 7. The third-order valence-electron chi connectivity index (χ3n) is 4.86. The maximum absolute atomic E-state index is 12.8. The zero-order valence-electron chi connectivity index (χ0n) is 16.6. The Labute approximate surface area is 197 Å². The highest BCUT2D eigenvalue weighted by Gasteiger charge is 2.26. The first-order valence-corrected chi connectivity index (χ1v) is 13.5.